The Labute approximate surface area is 117 Å². The minimum absolute atomic E-state index is 0.0152. The summed E-state index contributed by atoms with van der Waals surface area (Å²) in [6.07, 6.45) is 0.673. The molecule has 20 heavy (non-hydrogen) atoms. The van der Waals surface area contributed by atoms with Crippen molar-refractivity contribution in [1.82, 2.24) is 5.32 Å². The number of unbranched alkanes of at least 4 members (excludes halogenated alkanes) is 5. The zero-order chi connectivity index (χ0) is 15.6. The minimum atomic E-state index is -5.09. The molecule has 1 N–H and O–H groups in total. The van der Waals surface area contributed by atoms with E-state index in [2.05, 4.69) is 11.7 Å². The number of carbonyl (C=O) groups is 1. The van der Waals surface area contributed by atoms with Crippen LogP contribution in [0.25, 0.3) is 0 Å². The highest BCUT2D eigenvalue weighted by molar-refractivity contribution is 5.88. The second-order valence-electron chi connectivity index (χ2n) is 4.36. The topological polar surface area (TPSA) is 61.4 Å². The summed E-state index contributed by atoms with van der Waals surface area (Å²) < 4.78 is 41.2. The normalized spacial score (nSPS) is 12.8. The van der Waals surface area contributed by atoms with Gasteiger partial charge >= 0.3 is 12.1 Å². The number of hydrogen-bond donors (Lipinski definition) is 1. The van der Waals surface area contributed by atoms with E-state index in [0.29, 0.717) is 6.42 Å². The molecule has 0 saturated carbocycles. The first kappa shape index (κ1) is 18.6. The maximum Gasteiger partial charge on any atom is 0.404 e. The maximum atomic E-state index is 12.2. The Morgan fingerprint density at radius 3 is 2.20 bits per heavy atom. The van der Waals surface area contributed by atoms with Crippen molar-refractivity contribution in [3.05, 3.63) is 11.5 Å². The number of esters is 1. The van der Waals surface area contributed by atoms with Gasteiger partial charge in [0.2, 0.25) is 0 Å². The Morgan fingerprint density at radius 1 is 1.15 bits per heavy atom. The first-order chi connectivity index (χ1) is 9.34. The van der Waals surface area contributed by atoms with Gasteiger partial charge in [0.1, 0.15) is 5.70 Å². The lowest BCUT2D eigenvalue weighted by atomic mass is 10.1. The van der Waals surface area contributed by atoms with Crippen molar-refractivity contribution in [3.8, 4) is 0 Å². The van der Waals surface area contributed by atoms with Crippen LogP contribution in [0, 0.1) is 0 Å². The monoisotopic (exact) mass is 296 g/mol. The van der Waals surface area contributed by atoms with Gasteiger partial charge in [0.15, 0.2) is 0 Å². The fourth-order valence-corrected chi connectivity index (χ4v) is 1.57. The van der Waals surface area contributed by atoms with Crippen LogP contribution in [0.4, 0.5) is 13.2 Å². The number of halogens is 3. The predicted octanol–water partition coefficient (Wildman–Crippen LogP) is 2.24. The molecule has 0 fully saturated rings. The highest BCUT2D eigenvalue weighted by Crippen LogP contribution is 2.23. The molecule has 0 spiro atoms. The Morgan fingerprint density at radius 2 is 1.70 bits per heavy atom. The summed E-state index contributed by atoms with van der Waals surface area (Å²) in [4.78, 5) is 11.4. The van der Waals surface area contributed by atoms with Crippen LogP contribution in [0.15, 0.2) is 11.5 Å². The van der Waals surface area contributed by atoms with Crippen molar-refractivity contribution in [1.29, 1.82) is 0 Å². The van der Waals surface area contributed by atoms with Crippen molar-refractivity contribution in [3.63, 3.8) is 0 Å². The van der Waals surface area contributed by atoms with Gasteiger partial charge in [-0.25, -0.2) is 4.79 Å². The van der Waals surface area contributed by atoms with Gasteiger partial charge in [0, 0.05) is 12.8 Å². The van der Waals surface area contributed by atoms with Gasteiger partial charge in [-0.3, -0.25) is 0 Å². The predicted molar refractivity (Wildman–Crippen MR) is 66.5 cm³/mol. The summed E-state index contributed by atoms with van der Waals surface area (Å²) in [6, 6.07) is 0. The lowest BCUT2D eigenvalue weighted by molar-refractivity contribution is -0.362. The first-order valence-corrected chi connectivity index (χ1v) is 6.68. The van der Waals surface area contributed by atoms with E-state index in [0.717, 1.165) is 39.2 Å². The van der Waals surface area contributed by atoms with E-state index in [-0.39, 0.29) is 6.61 Å². The zero-order valence-electron chi connectivity index (χ0n) is 11.8. The van der Waals surface area contributed by atoms with Crippen LogP contribution in [0.3, 0.4) is 0 Å². The van der Waals surface area contributed by atoms with E-state index in [4.69, 9.17) is 0 Å². The van der Waals surface area contributed by atoms with E-state index < -0.39 is 23.6 Å². The molecule has 0 amide bonds. The Hall–Kier alpha value is -1.40. The number of nitrogens with one attached hydrogen (secondary N) is 1. The number of likely N-dealkylation sites (N-methyl/N-ethyl adjacent to an activating group) is 1. The van der Waals surface area contributed by atoms with Crippen molar-refractivity contribution in [2.45, 2.75) is 51.6 Å². The molecule has 0 aromatic rings. The Balaban J connectivity index is 4.13. The highest BCUT2D eigenvalue weighted by Gasteiger charge is 2.31. The summed E-state index contributed by atoms with van der Waals surface area (Å²) in [5.41, 5.74) is -1.08. The number of hydrogen-bond acceptors (Lipinski definition) is 4. The maximum absolute atomic E-state index is 12.2. The molecule has 7 heteroatoms. The standard InChI is InChI=1S/C13H22F3NO3/c1-3-4-5-6-7-8-9-20-12(19)10(17-2)11(18)13(14,15)16/h17-18H,3-9H2,1-2H3/p-1/b11-10+. The van der Waals surface area contributed by atoms with Gasteiger partial charge in [-0.05, 0) is 6.42 Å². The van der Waals surface area contributed by atoms with E-state index >= 15 is 0 Å². The molecule has 0 aromatic heterocycles. The van der Waals surface area contributed by atoms with Crippen LogP contribution in [0.5, 0.6) is 0 Å². The second kappa shape index (κ2) is 9.50. The molecule has 0 atom stereocenters. The average molecular weight is 296 g/mol. The van der Waals surface area contributed by atoms with Crippen molar-refractivity contribution >= 4 is 5.97 Å². The molecule has 0 unspecified atom stereocenters. The Bertz CT molecular complexity index is 327. The average Bonchev–Trinajstić information content (AvgIpc) is 2.37. The van der Waals surface area contributed by atoms with Gasteiger partial charge in [-0.15, -0.1) is 0 Å². The van der Waals surface area contributed by atoms with Crippen molar-refractivity contribution in [2.24, 2.45) is 0 Å². The molecule has 0 aliphatic heterocycles. The third-order valence-electron chi connectivity index (χ3n) is 2.67. The molecule has 0 aliphatic rings. The zero-order valence-corrected chi connectivity index (χ0v) is 11.8. The van der Waals surface area contributed by atoms with Crippen LogP contribution >= 0.6 is 0 Å². The fourth-order valence-electron chi connectivity index (χ4n) is 1.57. The van der Waals surface area contributed by atoms with Gasteiger partial charge < -0.3 is 15.2 Å². The van der Waals surface area contributed by atoms with Crippen molar-refractivity contribution in [2.75, 3.05) is 13.7 Å². The van der Waals surface area contributed by atoms with Gasteiger partial charge in [0.05, 0.1) is 6.61 Å². The molecule has 0 aromatic carbocycles. The largest absolute Gasteiger partial charge is 0.868 e. The lowest BCUT2D eigenvalue weighted by Crippen LogP contribution is -2.33. The summed E-state index contributed by atoms with van der Waals surface area (Å²) in [5.74, 6) is -3.48. The van der Waals surface area contributed by atoms with Crippen LogP contribution in [-0.2, 0) is 9.53 Å². The van der Waals surface area contributed by atoms with E-state index in [1.54, 1.807) is 0 Å². The van der Waals surface area contributed by atoms with Gasteiger partial charge in [-0.1, -0.05) is 39.0 Å². The molecule has 4 nitrogen and oxygen atoms in total. The first-order valence-electron chi connectivity index (χ1n) is 6.68. The van der Waals surface area contributed by atoms with Crippen LogP contribution < -0.4 is 10.4 Å². The molecular weight excluding hydrogens is 275 g/mol. The highest BCUT2D eigenvalue weighted by atomic mass is 19.4. The molecule has 0 saturated heterocycles. The number of rotatable bonds is 9. The number of allylic oxidation sites excluding steroid dienone is 1. The smallest absolute Gasteiger partial charge is 0.404 e. The van der Waals surface area contributed by atoms with E-state index in [1.807, 2.05) is 5.32 Å². The molecule has 0 aliphatic carbocycles. The SMILES string of the molecule is CCCCCCCCOC(=O)/C(NC)=C(\[O-])C(F)(F)F. The summed E-state index contributed by atoms with van der Waals surface area (Å²) >= 11 is 0. The lowest BCUT2D eigenvalue weighted by Gasteiger charge is -2.20. The third kappa shape index (κ3) is 7.25. The van der Waals surface area contributed by atoms with E-state index in [1.165, 1.54) is 0 Å². The fraction of sp³-hybridized carbons (Fsp3) is 0.769. The molecule has 0 heterocycles. The second-order valence-corrected chi connectivity index (χ2v) is 4.36. The number of ether oxygens (including phenoxy) is 1. The summed E-state index contributed by atoms with van der Waals surface area (Å²) in [7, 11) is 1.07. The molecular formula is C13H21F3NO3-. The quantitative estimate of drug-likeness (QED) is 0.307. The van der Waals surface area contributed by atoms with E-state index in [9.17, 15) is 23.1 Å². The van der Waals surface area contributed by atoms with Crippen LogP contribution in [0.2, 0.25) is 0 Å². The van der Waals surface area contributed by atoms with Gasteiger partial charge in [-0.2, -0.15) is 13.2 Å². The Kier molecular flexibility index (Phi) is 8.83. The molecule has 0 bridgehead atoms. The van der Waals surface area contributed by atoms with Crippen molar-refractivity contribution < 1.29 is 27.8 Å². The van der Waals surface area contributed by atoms with Gasteiger partial charge in [0.25, 0.3) is 0 Å². The van der Waals surface area contributed by atoms with Crippen LogP contribution in [-0.4, -0.2) is 25.8 Å². The summed E-state index contributed by atoms with van der Waals surface area (Å²) in [5, 5.41) is 12.9. The third-order valence-corrected chi connectivity index (χ3v) is 2.67. The molecule has 0 rings (SSSR count). The minimum Gasteiger partial charge on any atom is -0.868 e. The number of carbonyl (C=O) groups excluding carboxylic acids is 1. The molecule has 118 valence electrons. The number of alkyl halides is 3. The molecule has 0 radical (unpaired) electrons. The summed E-state index contributed by atoms with van der Waals surface area (Å²) in [6.45, 7) is 2.11. The van der Waals surface area contributed by atoms with Crippen LogP contribution in [0.1, 0.15) is 45.4 Å².